The Labute approximate surface area is 84.3 Å². The third-order valence-electron chi connectivity index (χ3n) is 3.85. The van der Waals surface area contributed by atoms with Crippen LogP contribution in [0.5, 0.6) is 0 Å². The van der Waals surface area contributed by atoms with Crippen LogP contribution in [0.25, 0.3) is 0 Å². The van der Waals surface area contributed by atoms with Gasteiger partial charge in [0.1, 0.15) is 0 Å². The molecule has 2 rings (SSSR count). The van der Waals surface area contributed by atoms with Crippen LogP contribution < -0.4 is 5.73 Å². The molecule has 2 aliphatic carbocycles. The van der Waals surface area contributed by atoms with Crippen molar-refractivity contribution in [2.45, 2.75) is 25.3 Å². The lowest BCUT2D eigenvalue weighted by Gasteiger charge is -2.29. The molecule has 2 saturated carbocycles. The third-order valence-corrected chi connectivity index (χ3v) is 3.85. The maximum Gasteiger partial charge on any atom is 0.250 e. The molecule has 0 heterocycles. The number of carbonyl (C=O) groups excluding carboxylic acids is 1. The number of fused-ring (bicyclic) bond motifs is 2. The van der Waals surface area contributed by atoms with E-state index in [0.29, 0.717) is 11.8 Å². The van der Waals surface area contributed by atoms with Gasteiger partial charge in [0.15, 0.2) is 0 Å². The first-order chi connectivity index (χ1) is 6.65. The van der Waals surface area contributed by atoms with E-state index in [0.717, 1.165) is 12.8 Å². The molecule has 4 atom stereocenters. The summed E-state index contributed by atoms with van der Waals surface area (Å²) in [5, 5.41) is 1.31. The molecule has 80 valence electrons. The number of hydroxylamine groups is 2. The summed E-state index contributed by atoms with van der Waals surface area (Å²) in [6, 6.07) is 0.0545. The van der Waals surface area contributed by atoms with Crippen molar-refractivity contribution in [2.24, 2.45) is 23.5 Å². The highest BCUT2D eigenvalue weighted by molar-refractivity contribution is 5.79. The maximum absolute atomic E-state index is 11.9. The smallest absolute Gasteiger partial charge is 0.250 e. The zero-order valence-corrected chi connectivity index (χ0v) is 8.77. The minimum absolute atomic E-state index is 0.00120. The summed E-state index contributed by atoms with van der Waals surface area (Å²) in [5.74, 6) is 1.12. The maximum atomic E-state index is 11.9. The van der Waals surface area contributed by atoms with Crippen molar-refractivity contribution in [3.8, 4) is 0 Å². The van der Waals surface area contributed by atoms with Crippen molar-refractivity contribution in [1.29, 1.82) is 0 Å². The first kappa shape index (κ1) is 9.93. The lowest BCUT2D eigenvalue weighted by Crippen LogP contribution is -2.45. The average molecular weight is 198 g/mol. The molecule has 2 bridgehead atoms. The molecular formula is C10H18N2O2. The van der Waals surface area contributed by atoms with Gasteiger partial charge in [-0.2, -0.15) is 0 Å². The summed E-state index contributed by atoms with van der Waals surface area (Å²) in [6.07, 6.45) is 3.49. The molecule has 0 spiro atoms. The highest BCUT2D eigenvalue weighted by atomic mass is 16.7. The number of hydrogen-bond acceptors (Lipinski definition) is 3. The molecule has 2 N–H and O–H groups in total. The second-order valence-electron chi connectivity index (χ2n) is 4.45. The molecule has 0 radical (unpaired) electrons. The van der Waals surface area contributed by atoms with E-state index in [-0.39, 0.29) is 17.9 Å². The van der Waals surface area contributed by atoms with Crippen molar-refractivity contribution in [1.82, 2.24) is 5.06 Å². The van der Waals surface area contributed by atoms with E-state index >= 15 is 0 Å². The molecule has 1 amide bonds. The molecule has 4 unspecified atom stereocenters. The van der Waals surface area contributed by atoms with E-state index in [1.54, 1.807) is 7.05 Å². The molecule has 2 aliphatic rings. The summed E-state index contributed by atoms with van der Waals surface area (Å²) in [7, 11) is 3.16. The fourth-order valence-corrected chi connectivity index (χ4v) is 3.00. The van der Waals surface area contributed by atoms with Gasteiger partial charge in [0, 0.05) is 13.1 Å². The quantitative estimate of drug-likeness (QED) is 0.653. The fourth-order valence-electron chi connectivity index (χ4n) is 3.00. The van der Waals surface area contributed by atoms with Crippen LogP contribution in [0.3, 0.4) is 0 Å². The van der Waals surface area contributed by atoms with E-state index < -0.39 is 0 Å². The van der Waals surface area contributed by atoms with Crippen LogP contribution in [0.1, 0.15) is 19.3 Å². The molecule has 0 aromatic rings. The first-order valence-electron chi connectivity index (χ1n) is 5.22. The highest BCUT2D eigenvalue weighted by Gasteiger charge is 2.49. The van der Waals surface area contributed by atoms with E-state index in [1.807, 2.05) is 0 Å². The van der Waals surface area contributed by atoms with Gasteiger partial charge in [0.05, 0.1) is 13.0 Å². The van der Waals surface area contributed by atoms with Crippen molar-refractivity contribution in [2.75, 3.05) is 14.2 Å². The monoisotopic (exact) mass is 198 g/mol. The van der Waals surface area contributed by atoms with E-state index in [9.17, 15) is 4.79 Å². The van der Waals surface area contributed by atoms with Gasteiger partial charge in [-0.25, -0.2) is 5.06 Å². The standard InChI is InChI=1S/C10H18N2O2/c1-12(14-2)10(13)8-6-3-4-7(5-6)9(8)11/h6-9H,3-5,11H2,1-2H3. The van der Waals surface area contributed by atoms with E-state index in [1.165, 1.54) is 18.6 Å². The Kier molecular flexibility index (Phi) is 2.49. The van der Waals surface area contributed by atoms with Gasteiger partial charge >= 0.3 is 0 Å². The molecule has 2 fully saturated rings. The van der Waals surface area contributed by atoms with Crippen LogP contribution in [0.4, 0.5) is 0 Å². The van der Waals surface area contributed by atoms with Crippen LogP contribution in [0, 0.1) is 17.8 Å². The molecule has 4 heteroatoms. The van der Waals surface area contributed by atoms with Crippen molar-refractivity contribution < 1.29 is 9.63 Å². The van der Waals surface area contributed by atoms with Gasteiger partial charge in [0.2, 0.25) is 0 Å². The number of hydrogen-bond donors (Lipinski definition) is 1. The summed E-state index contributed by atoms with van der Waals surface area (Å²) < 4.78 is 0. The summed E-state index contributed by atoms with van der Waals surface area (Å²) in [6.45, 7) is 0. The third kappa shape index (κ3) is 1.33. The van der Waals surface area contributed by atoms with E-state index in [4.69, 9.17) is 10.6 Å². The zero-order valence-electron chi connectivity index (χ0n) is 8.77. The topological polar surface area (TPSA) is 55.6 Å². The molecule has 0 aromatic carbocycles. The minimum Gasteiger partial charge on any atom is -0.327 e. The Bertz CT molecular complexity index is 242. The largest absolute Gasteiger partial charge is 0.327 e. The Balaban J connectivity index is 2.08. The number of rotatable bonds is 2. The molecule has 0 aliphatic heterocycles. The van der Waals surface area contributed by atoms with Crippen LogP contribution in [-0.2, 0) is 9.63 Å². The van der Waals surface area contributed by atoms with E-state index in [2.05, 4.69) is 0 Å². The van der Waals surface area contributed by atoms with Crippen molar-refractivity contribution in [3.05, 3.63) is 0 Å². The lowest BCUT2D eigenvalue weighted by atomic mass is 9.84. The van der Waals surface area contributed by atoms with Gasteiger partial charge < -0.3 is 5.73 Å². The fraction of sp³-hybridized carbons (Fsp3) is 0.900. The Morgan fingerprint density at radius 1 is 1.43 bits per heavy atom. The number of carbonyl (C=O) groups is 1. The van der Waals surface area contributed by atoms with Crippen LogP contribution in [0.15, 0.2) is 0 Å². The SMILES string of the molecule is CON(C)C(=O)C1C2CCC(C2)C1N. The first-order valence-corrected chi connectivity index (χ1v) is 5.22. The average Bonchev–Trinajstić information content (AvgIpc) is 2.75. The van der Waals surface area contributed by atoms with Crippen LogP contribution in [-0.4, -0.2) is 31.2 Å². The normalized spacial score (nSPS) is 40.2. The second kappa shape index (κ2) is 3.51. The summed E-state index contributed by atoms with van der Waals surface area (Å²) in [5.41, 5.74) is 6.05. The second-order valence-corrected chi connectivity index (χ2v) is 4.45. The lowest BCUT2D eigenvalue weighted by molar-refractivity contribution is -0.175. The number of nitrogens with zero attached hydrogens (tertiary/aromatic N) is 1. The number of nitrogens with two attached hydrogens (primary N) is 1. The predicted octanol–water partition coefficient (Wildman–Crippen LogP) is 0.380. The van der Waals surface area contributed by atoms with Crippen LogP contribution in [0.2, 0.25) is 0 Å². The van der Waals surface area contributed by atoms with Crippen molar-refractivity contribution in [3.63, 3.8) is 0 Å². The van der Waals surface area contributed by atoms with Gasteiger partial charge in [-0.3, -0.25) is 9.63 Å². The summed E-state index contributed by atoms with van der Waals surface area (Å²) in [4.78, 5) is 16.8. The van der Waals surface area contributed by atoms with Gasteiger partial charge in [-0.1, -0.05) is 0 Å². The molecule has 0 saturated heterocycles. The molecule has 14 heavy (non-hydrogen) atoms. The Hall–Kier alpha value is -0.610. The Morgan fingerprint density at radius 2 is 2.07 bits per heavy atom. The zero-order chi connectivity index (χ0) is 10.3. The van der Waals surface area contributed by atoms with Crippen LogP contribution >= 0.6 is 0 Å². The van der Waals surface area contributed by atoms with Gasteiger partial charge in [-0.15, -0.1) is 0 Å². The molecule has 4 nitrogen and oxygen atoms in total. The minimum atomic E-state index is -0.00120. The predicted molar refractivity (Wildman–Crippen MR) is 52.1 cm³/mol. The number of amides is 1. The molecule has 0 aromatic heterocycles. The van der Waals surface area contributed by atoms with Crippen molar-refractivity contribution >= 4 is 5.91 Å². The summed E-state index contributed by atoms with van der Waals surface area (Å²) >= 11 is 0. The highest BCUT2D eigenvalue weighted by Crippen LogP contribution is 2.48. The van der Waals surface area contributed by atoms with Gasteiger partial charge in [0.25, 0.3) is 5.91 Å². The Morgan fingerprint density at radius 3 is 2.57 bits per heavy atom. The van der Waals surface area contributed by atoms with Gasteiger partial charge in [-0.05, 0) is 31.1 Å². The molecular weight excluding hydrogens is 180 g/mol.